The lowest BCUT2D eigenvalue weighted by Gasteiger charge is -2.33. The Kier molecular flexibility index (Phi) is 6.10. The Labute approximate surface area is 188 Å². The number of anilines is 1. The molecule has 31 heavy (non-hydrogen) atoms. The smallest absolute Gasteiger partial charge is 0.407 e. The second kappa shape index (κ2) is 8.79. The number of aromatic nitrogens is 2. The average molecular weight is 441 g/mol. The van der Waals surface area contributed by atoms with Crippen molar-refractivity contribution in [1.29, 1.82) is 0 Å². The predicted molar refractivity (Wildman–Crippen MR) is 125 cm³/mol. The van der Waals surface area contributed by atoms with E-state index in [-0.39, 0.29) is 12.1 Å². The number of nitrogens with zero attached hydrogens (tertiary/aromatic N) is 3. The third-order valence-electron chi connectivity index (χ3n) is 5.39. The number of fused-ring (bicyclic) bond motifs is 1. The third kappa shape index (κ3) is 5.31. The molecule has 4 rings (SSSR count). The van der Waals surface area contributed by atoms with Crippen LogP contribution < -0.4 is 10.2 Å². The standard InChI is InChI=1S/C24H29ClN4O2/c1-24(2,3)31-23(30)26-19-12-14-28(15-13-19)22-27-20-6-4-5-7-21(20)29(22)16-17-8-10-18(25)11-9-17/h4-11,19H,12-16H2,1-3H3,(H,26,30). The van der Waals surface area contributed by atoms with Crippen LogP contribution in [0.15, 0.2) is 48.5 Å². The van der Waals surface area contributed by atoms with Crippen LogP contribution in [0.2, 0.25) is 5.02 Å². The Morgan fingerprint density at radius 2 is 1.81 bits per heavy atom. The molecule has 1 N–H and O–H groups in total. The van der Waals surface area contributed by atoms with E-state index in [0.29, 0.717) is 0 Å². The summed E-state index contributed by atoms with van der Waals surface area (Å²) in [6.07, 6.45) is 1.35. The normalized spacial score (nSPS) is 15.3. The van der Waals surface area contributed by atoms with Crippen molar-refractivity contribution in [2.45, 2.75) is 51.8 Å². The lowest BCUT2D eigenvalue weighted by Crippen LogP contribution is -2.46. The van der Waals surface area contributed by atoms with Crippen molar-refractivity contribution in [1.82, 2.24) is 14.9 Å². The fourth-order valence-electron chi connectivity index (χ4n) is 3.93. The van der Waals surface area contributed by atoms with Crippen molar-refractivity contribution in [3.8, 4) is 0 Å². The molecule has 0 spiro atoms. The van der Waals surface area contributed by atoms with E-state index in [1.807, 2.05) is 51.1 Å². The maximum atomic E-state index is 12.1. The Balaban J connectivity index is 1.50. The van der Waals surface area contributed by atoms with Crippen LogP contribution in [0.3, 0.4) is 0 Å². The fraction of sp³-hybridized carbons (Fsp3) is 0.417. The van der Waals surface area contributed by atoms with Crippen molar-refractivity contribution < 1.29 is 9.53 Å². The Hall–Kier alpha value is -2.73. The molecule has 0 unspecified atom stereocenters. The molecule has 1 aromatic heterocycles. The first-order valence-electron chi connectivity index (χ1n) is 10.7. The summed E-state index contributed by atoms with van der Waals surface area (Å²) < 4.78 is 7.66. The van der Waals surface area contributed by atoms with Gasteiger partial charge in [0.1, 0.15) is 5.60 Å². The Bertz CT molecular complexity index is 1050. The molecule has 6 nitrogen and oxygen atoms in total. The molecule has 0 saturated carbocycles. The minimum absolute atomic E-state index is 0.111. The molecule has 1 saturated heterocycles. The van der Waals surface area contributed by atoms with Gasteiger partial charge in [-0.15, -0.1) is 0 Å². The number of hydrogen-bond acceptors (Lipinski definition) is 4. The number of carbonyl (C=O) groups is 1. The van der Waals surface area contributed by atoms with E-state index in [4.69, 9.17) is 21.3 Å². The molecule has 2 aromatic carbocycles. The molecule has 0 atom stereocenters. The molecule has 0 radical (unpaired) electrons. The molecule has 1 aliphatic heterocycles. The summed E-state index contributed by atoms with van der Waals surface area (Å²) in [5.41, 5.74) is 2.79. The maximum Gasteiger partial charge on any atom is 0.407 e. The lowest BCUT2D eigenvalue weighted by atomic mass is 10.1. The summed E-state index contributed by atoms with van der Waals surface area (Å²) in [5.74, 6) is 0.965. The number of rotatable bonds is 4. The number of imidazole rings is 1. The molecule has 164 valence electrons. The molecule has 1 aliphatic rings. The van der Waals surface area contributed by atoms with Crippen LogP contribution in [0.1, 0.15) is 39.2 Å². The second-order valence-corrected chi connectivity index (χ2v) is 9.46. The number of amides is 1. The maximum absolute atomic E-state index is 12.1. The van der Waals surface area contributed by atoms with Gasteiger partial charge in [0.25, 0.3) is 0 Å². The van der Waals surface area contributed by atoms with E-state index in [1.165, 1.54) is 5.56 Å². The summed E-state index contributed by atoms with van der Waals surface area (Å²) in [6, 6.07) is 16.3. The first-order chi connectivity index (χ1) is 14.8. The van der Waals surface area contributed by atoms with Crippen molar-refractivity contribution in [2.75, 3.05) is 18.0 Å². The van der Waals surface area contributed by atoms with Crippen LogP contribution in [-0.4, -0.2) is 40.4 Å². The van der Waals surface area contributed by atoms with Gasteiger partial charge in [0.15, 0.2) is 0 Å². The summed E-state index contributed by atoms with van der Waals surface area (Å²) in [6.45, 7) is 8.00. The molecule has 1 amide bonds. The van der Waals surface area contributed by atoms with Gasteiger partial charge in [-0.25, -0.2) is 9.78 Å². The first-order valence-corrected chi connectivity index (χ1v) is 11.1. The van der Waals surface area contributed by atoms with Crippen molar-refractivity contribution in [3.05, 3.63) is 59.1 Å². The van der Waals surface area contributed by atoms with Gasteiger partial charge in [0, 0.05) is 24.2 Å². The highest BCUT2D eigenvalue weighted by Crippen LogP contribution is 2.27. The largest absolute Gasteiger partial charge is 0.444 e. The van der Waals surface area contributed by atoms with Gasteiger partial charge in [-0.1, -0.05) is 35.9 Å². The molecular weight excluding hydrogens is 412 g/mol. The predicted octanol–water partition coefficient (Wildman–Crippen LogP) is 5.23. The number of hydrogen-bond donors (Lipinski definition) is 1. The van der Waals surface area contributed by atoms with Gasteiger partial charge in [-0.3, -0.25) is 0 Å². The lowest BCUT2D eigenvalue weighted by molar-refractivity contribution is 0.0497. The topological polar surface area (TPSA) is 59.4 Å². The molecule has 0 aliphatic carbocycles. The Morgan fingerprint density at radius 1 is 1.13 bits per heavy atom. The summed E-state index contributed by atoms with van der Waals surface area (Å²) >= 11 is 6.06. The van der Waals surface area contributed by atoms with Gasteiger partial charge >= 0.3 is 6.09 Å². The van der Waals surface area contributed by atoms with E-state index in [1.54, 1.807) is 0 Å². The van der Waals surface area contributed by atoms with Crippen molar-refractivity contribution in [2.24, 2.45) is 0 Å². The van der Waals surface area contributed by atoms with Crippen LogP contribution in [0.4, 0.5) is 10.7 Å². The molecule has 1 fully saturated rings. The first kappa shape index (κ1) is 21.5. The fourth-order valence-corrected chi connectivity index (χ4v) is 4.06. The van der Waals surface area contributed by atoms with Gasteiger partial charge in [0.2, 0.25) is 5.95 Å². The van der Waals surface area contributed by atoms with Crippen LogP contribution in [-0.2, 0) is 11.3 Å². The monoisotopic (exact) mass is 440 g/mol. The Morgan fingerprint density at radius 3 is 2.48 bits per heavy atom. The van der Waals surface area contributed by atoms with Gasteiger partial charge < -0.3 is 19.5 Å². The minimum Gasteiger partial charge on any atom is -0.444 e. The number of halogens is 1. The van der Waals surface area contributed by atoms with Crippen LogP contribution in [0, 0.1) is 0 Å². The zero-order valence-electron chi connectivity index (χ0n) is 18.3. The van der Waals surface area contributed by atoms with Crippen molar-refractivity contribution >= 4 is 34.7 Å². The average Bonchev–Trinajstić information content (AvgIpc) is 3.07. The molecular formula is C24H29ClN4O2. The van der Waals surface area contributed by atoms with E-state index >= 15 is 0 Å². The molecule has 3 aromatic rings. The van der Waals surface area contributed by atoms with Crippen LogP contribution >= 0.6 is 11.6 Å². The van der Waals surface area contributed by atoms with E-state index in [2.05, 4.69) is 33.0 Å². The van der Waals surface area contributed by atoms with Crippen LogP contribution in [0.25, 0.3) is 11.0 Å². The highest BCUT2D eigenvalue weighted by molar-refractivity contribution is 6.30. The quantitative estimate of drug-likeness (QED) is 0.603. The van der Waals surface area contributed by atoms with Gasteiger partial charge in [0.05, 0.1) is 17.6 Å². The van der Waals surface area contributed by atoms with Crippen molar-refractivity contribution in [3.63, 3.8) is 0 Å². The number of para-hydroxylation sites is 2. The molecule has 7 heteroatoms. The highest BCUT2D eigenvalue weighted by atomic mass is 35.5. The molecule has 0 bridgehead atoms. The summed E-state index contributed by atoms with van der Waals surface area (Å²) in [4.78, 5) is 19.3. The number of piperidine rings is 1. The summed E-state index contributed by atoms with van der Waals surface area (Å²) in [5, 5.41) is 3.74. The number of alkyl carbamates (subject to hydrolysis) is 1. The molecule has 2 heterocycles. The third-order valence-corrected chi connectivity index (χ3v) is 5.64. The zero-order valence-corrected chi connectivity index (χ0v) is 19.0. The minimum atomic E-state index is -0.489. The van der Waals surface area contributed by atoms with Gasteiger partial charge in [-0.05, 0) is 63.4 Å². The SMILES string of the molecule is CC(C)(C)OC(=O)NC1CCN(c2nc3ccccc3n2Cc2ccc(Cl)cc2)CC1. The van der Waals surface area contributed by atoms with Crippen LogP contribution in [0.5, 0.6) is 0 Å². The summed E-state index contributed by atoms with van der Waals surface area (Å²) in [7, 11) is 0. The number of ether oxygens (including phenoxy) is 1. The van der Waals surface area contributed by atoms with E-state index in [0.717, 1.165) is 54.5 Å². The highest BCUT2D eigenvalue weighted by Gasteiger charge is 2.26. The van der Waals surface area contributed by atoms with E-state index < -0.39 is 5.60 Å². The van der Waals surface area contributed by atoms with E-state index in [9.17, 15) is 4.79 Å². The zero-order chi connectivity index (χ0) is 22.0. The van der Waals surface area contributed by atoms with Gasteiger partial charge in [-0.2, -0.15) is 0 Å². The number of carbonyl (C=O) groups excluding carboxylic acids is 1. The number of nitrogens with one attached hydrogen (secondary N) is 1. The second-order valence-electron chi connectivity index (χ2n) is 9.02. The number of benzene rings is 2.